The number of hydrogen-bond acceptors (Lipinski definition) is 2. The van der Waals surface area contributed by atoms with Gasteiger partial charge in [-0.1, -0.05) is 0 Å². The first kappa shape index (κ1) is 6.17. The van der Waals surface area contributed by atoms with E-state index >= 15 is 0 Å². The van der Waals surface area contributed by atoms with Crippen molar-refractivity contribution in [3.63, 3.8) is 0 Å². The molecule has 5 heteroatoms. The van der Waals surface area contributed by atoms with Crippen LogP contribution in [0.2, 0.25) is 0 Å². The van der Waals surface area contributed by atoms with Crippen molar-refractivity contribution in [2.75, 3.05) is 0 Å². The van der Waals surface area contributed by atoms with Crippen LogP contribution in [0.5, 0.6) is 0 Å². The monoisotopic (exact) mass is 212 g/mol. The first-order valence-corrected chi connectivity index (χ1v) is 8.79. The van der Waals surface area contributed by atoms with Gasteiger partial charge in [-0.2, -0.15) is 0 Å². The molecule has 0 heterocycles. The zero-order valence-corrected chi connectivity index (χ0v) is 6.42. The Morgan fingerprint density at radius 3 is 1.80 bits per heavy atom. The van der Waals surface area contributed by atoms with Gasteiger partial charge in [0.05, 0.1) is 0 Å². The average Bonchev–Trinajstić information content (AvgIpc) is 1.38. The molecule has 0 aromatic heterocycles. The molecule has 0 spiro atoms. The molecule has 0 bridgehead atoms. The molecule has 0 unspecified atom stereocenters. The second kappa shape index (κ2) is 3.37. The van der Waals surface area contributed by atoms with Gasteiger partial charge in [0.1, 0.15) is 0 Å². The van der Waals surface area contributed by atoms with Crippen molar-refractivity contribution in [3.05, 3.63) is 0 Å². The van der Waals surface area contributed by atoms with Crippen molar-refractivity contribution in [2.45, 2.75) is 0 Å². The molecule has 0 aromatic rings. The van der Waals surface area contributed by atoms with E-state index in [-0.39, 0.29) is 0 Å². The van der Waals surface area contributed by atoms with Gasteiger partial charge in [0.25, 0.3) is 0 Å². The second-order valence-corrected chi connectivity index (χ2v) is 8.84. The van der Waals surface area contributed by atoms with E-state index in [0.29, 0.717) is 0 Å². The second-order valence-electron chi connectivity index (χ2n) is 0.305. The SMILES string of the molecule is O=[P](=O)[Mo][V]. The summed E-state index contributed by atoms with van der Waals surface area (Å²) in [7, 11) is 0. The molecular formula is MoO2PV. The fourth-order valence-corrected chi connectivity index (χ4v) is 0. The third-order valence-electron chi connectivity index (χ3n) is 0.0667. The summed E-state index contributed by atoms with van der Waals surface area (Å²) in [5.41, 5.74) is 0. The molecule has 0 aliphatic heterocycles. The zero-order valence-electron chi connectivity index (χ0n) is 2.12. The van der Waals surface area contributed by atoms with E-state index in [0.717, 1.165) is 0 Å². The molecule has 0 aliphatic carbocycles. The molecule has 0 aliphatic rings. The predicted molar refractivity (Wildman–Crippen MR) is 8.29 cm³/mol. The summed E-state index contributed by atoms with van der Waals surface area (Å²) in [6.07, 6.45) is 0. The Balaban J connectivity index is 3.23. The summed E-state index contributed by atoms with van der Waals surface area (Å²) < 4.78 is 18.9. The van der Waals surface area contributed by atoms with E-state index in [9.17, 15) is 9.13 Å². The van der Waals surface area contributed by atoms with Crippen molar-refractivity contribution >= 4 is 5.77 Å². The topological polar surface area (TPSA) is 34.1 Å². The molecule has 0 saturated heterocycles. The molecule has 5 heavy (non-hydrogen) atoms. The fraction of sp³-hybridized carbons (Fsp3) is 0. The Labute approximate surface area is 45.2 Å². The molecule has 0 fully saturated rings. The van der Waals surface area contributed by atoms with Crippen molar-refractivity contribution in [3.8, 4) is 0 Å². The van der Waals surface area contributed by atoms with E-state index < -0.39 is 21.4 Å². The molecule has 2 nitrogen and oxygen atoms in total. The average molecular weight is 210 g/mol. The van der Waals surface area contributed by atoms with Crippen LogP contribution in [0.4, 0.5) is 0 Å². The summed E-state index contributed by atoms with van der Waals surface area (Å²) in [4.78, 5) is 0. The molecule has 0 radical (unpaired) electrons. The fourth-order valence-electron chi connectivity index (χ4n) is 0. The molecule has 0 aromatic carbocycles. The quantitative estimate of drug-likeness (QED) is 0.469. The summed E-state index contributed by atoms with van der Waals surface area (Å²) in [6, 6.07) is 0. The van der Waals surface area contributed by atoms with Crippen molar-refractivity contribution in [2.24, 2.45) is 0 Å². The van der Waals surface area contributed by atoms with Crippen LogP contribution < -0.4 is 0 Å². The first-order valence-electron chi connectivity index (χ1n) is 0.730. The van der Waals surface area contributed by atoms with E-state index in [1.165, 1.54) is 0 Å². The van der Waals surface area contributed by atoms with Gasteiger partial charge >= 0.3 is 45.2 Å². The molecule has 0 atom stereocenters. The van der Waals surface area contributed by atoms with E-state index in [1.54, 1.807) is 0 Å². The van der Waals surface area contributed by atoms with Crippen LogP contribution in [0, 0.1) is 0 Å². The minimum absolute atomic E-state index is 0.699. The Kier molecular flexibility index (Phi) is 4.16. The Hall–Kier alpha value is 1.17. The van der Waals surface area contributed by atoms with Gasteiger partial charge < -0.3 is 0 Å². The predicted octanol–water partition coefficient (Wildman–Crippen LogP) is 0.619. The molecule has 0 amide bonds. The van der Waals surface area contributed by atoms with Crippen LogP contribution in [0.15, 0.2) is 0 Å². The summed E-state index contributed by atoms with van der Waals surface area (Å²) in [5.74, 6) is -2.00. The third kappa shape index (κ3) is 5.17. The molecule has 0 N–H and O–H groups in total. The minimum atomic E-state index is -2.00. The maximum atomic E-state index is 9.45. The van der Waals surface area contributed by atoms with E-state index in [4.69, 9.17) is 0 Å². The number of hydrogen-bond donors (Lipinski definition) is 0. The van der Waals surface area contributed by atoms with Crippen molar-refractivity contribution < 1.29 is 39.4 Å². The van der Waals surface area contributed by atoms with Crippen LogP contribution >= 0.6 is 5.77 Å². The zero-order chi connectivity index (χ0) is 4.28. The van der Waals surface area contributed by atoms with Crippen LogP contribution in [0.3, 0.4) is 0 Å². The van der Waals surface area contributed by atoms with Crippen molar-refractivity contribution in [1.29, 1.82) is 0 Å². The Bertz CT molecular complexity index is 67.7. The van der Waals surface area contributed by atoms with E-state index in [2.05, 4.69) is 14.6 Å². The van der Waals surface area contributed by atoms with Crippen LogP contribution in [0.1, 0.15) is 0 Å². The van der Waals surface area contributed by atoms with Gasteiger partial charge in [0.2, 0.25) is 0 Å². The first-order chi connectivity index (χ1) is 2.27. The Morgan fingerprint density at radius 2 is 1.80 bits per heavy atom. The summed E-state index contributed by atoms with van der Waals surface area (Å²) in [6.45, 7) is 0. The Morgan fingerprint density at radius 1 is 1.60 bits per heavy atom. The normalized spacial score (nSPS) is 7.20. The molecular weight excluding hydrogens is 210 g/mol. The molecule has 0 saturated carbocycles. The van der Waals surface area contributed by atoms with Gasteiger partial charge in [-0.3, -0.25) is 0 Å². The van der Waals surface area contributed by atoms with Gasteiger partial charge in [0.15, 0.2) is 0 Å². The van der Waals surface area contributed by atoms with Gasteiger partial charge in [-0.15, -0.1) is 0 Å². The van der Waals surface area contributed by atoms with Gasteiger partial charge in [0, 0.05) is 0 Å². The van der Waals surface area contributed by atoms with Crippen LogP contribution in [-0.2, 0) is 39.4 Å². The van der Waals surface area contributed by atoms with Crippen LogP contribution in [-0.4, -0.2) is 0 Å². The standard InChI is InChI=1S/Mo.O2P.V/c;1-3-2;. The van der Waals surface area contributed by atoms with E-state index in [1.807, 2.05) is 0 Å². The summed E-state index contributed by atoms with van der Waals surface area (Å²) >= 11 is 1.41. The maximum absolute atomic E-state index is 9.45. The summed E-state index contributed by atoms with van der Waals surface area (Å²) in [5, 5.41) is 0. The molecule has 0 rings (SSSR count). The number of rotatable bonds is 1. The van der Waals surface area contributed by atoms with Gasteiger partial charge in [-0.05, 0) is 0 Å². The molecule has 28 valence electrons. The third-order valence-corrected chi connectivity index (χ3v) is 4.88. The van der Waals surface area contributed by atoms with Crippen LogP contribution in [0.25, 0.3) is 0 Å². The van der Waals surface area contributed by atoms with Crippen molar-refractivity contribution in [1.82, 2.24) is 0 Å². The van der Waals surface area contributed by atoms with Gasteiger partial charge in [-0.25, -0.2) is 0 Å².